The Kier molecular flexibility index (Phi) is 4.46. The smallest absolute Gasteiger partial charge is 0.345 e. The van der Waals surface area contributed by atoms with Crippen LogP contribution >= 0.6 is 0 Å². The predicted molar refractivity (Wildman–Crippen MR) is 84.6 cm³/mol. The first-order chi connectivity index (χ1) is 11.7. The number of hydrogen-bond acceptors (Lipinski definition) is 7. The van der Waals surface area contributed by atoms with Crippen LogP contribution in [0.3, 0.4) is 0 Å². The molecule has 0 amide bonds. The molecular formula is C16H14N4O4. The van der Waals surface area contributed by atoms with Gasteiger partial charge in [-0.05, 0) is 31.2 Å². The number of fused-ring (bicyclic) bond motifs is 1. The average molecular weight is 326 g/mol. The van der Waals surface area contributed by atoms with Crippen molar-refractivity contribution >= 4 is 16.9 Å². The van der Waals surface area contributed by atoms with Crippen LogP contribution in [0, 0.1) is 0 Å². The Morgan fingerprint density at radius 2 is 2.04 bits per heavy atom. The van der Waals surface area contributed by atoms with Gasteiger partial charge in [0.25, 0.3) is 5.56 Å². The van der Waals surface area contributed by atoms with Crippen LogP contribution < -0.4 is 10.3 Å². The van der Waals surface area contributed by atoms with E-state index in [1.165, 1.54) is 12.3 Å². The zero-order valence-electron chi connectivity index (χ0n) is 12.9. The summed E-state index contributed by atoms with van der Waals surface area (Å²) < 4.78 is 11.4. The Balaban J connectivity index is 1.80. The monoisotopic (exact) mass is 326 g/mol. The van der Waals surface area contributed by atoms with E-state index in [0.29, 0.717) is 17.5 Å². The van der Waals surface area contributed by atoms with Crippen LogP contribution in [0.4, 0.5) is 0 Å². The first-order valence-corrected chi connectivity index (χ1v) is 7.28. The summed E-state index contributed by atoms with van der Waals surface area (Å²) in [6, 6.07) is 9.95. The number of rotatable bonds is 5. The predicted octanol–water partition coefficient (Wildman–Crippen LogP) is 1.40. The number of ether oxygens (including phenoxy) is 2. The molecule has 0 aliphatic heterocycles. The number of carbonyl (C=O) groups excluding carboxylic acids is 1. The molecule has 0 atom stereocenters. The van der Waals surface area contributed by atoms with Crippen LogP contribution in [0.1, 0.15) is 17.3 Å². The van der Waals surface area contributed by atoms with Gasteiger partial charge in [-0.1, -0.05) is 17.3 Å². The molecule has 8 heteroatoms. The van der Waals surface area contributed by atoms with Crippen LogP contribution in [0.15, 0.2) is 47.4 Å². The Morgan fingerprint density at radius 1 is 1.21 bits per heavy atom. The van der Waals surface area contributed by atoms with Gasteiger partial charge in [-0.25, -0.2) is 9.78 Å². The van der Waals surface area contributed by atoms with Crippen LogP contribution in [0.25, 0.3) is 10.9 Å². The van der Waals surface area contributed by atoms with E-state index in [-0.39, 0.29) is 23.7 Å². The molecule has 0 N–H and O–H groups in total. The second-order valence-corrected chi connectivity index (χ2v) is 4.76. The van der Waals surface area contributed by atoms with Gasteiger partial charge in [-0.2, -0.15) is 4.68 Å². The van der Waals surface area contributed by atoms with Crippen molar-refractivity contribution in [3.63, 3.8) is 0 Å². The third-order valence-corrected chi connectivity index (χ3v) is 3.22. The third-order valence-electron chi connectivity index (χ3n) is 3.22. The molecule has 2 aromatic heterocycles. The van der Waals surface area contributed by atoms with Gasteiger partial charge in [-0.15, -0.1) is 5.10 Å². The molecule has 0 radical (unpaired) electrons. The average Bonchev–Trinajstić information content (AvgIpc) is 2.62. The quantitative estimate of drug-likeness (QED) is 0.654. The highest BCUT2D eigenvalue weighted by atomic mass is 16.5. The van der Waals surface area contributed by atoms with Gasteiger partial charge >= 0.3 is 5.97 Å². The SMILES string of the molecule is CCOc1ncccc1C(=O)OCn1nnc2ccccc2c1=O. The third kappa shape index (κ3) is 3.07. The van der Waals surface area contributed by atoms with Crippen molar-refractivity contribution in [1.82, 2.24) is 20.0 Å². The van der Waals surface area contributed by atoms with E-state index in [9.17, 15) is 9.59 Å². The standard InChI is InChI=1S/C16H14N4O4/c1-2-23-14-12(7-5-9-17-14)16(22)24-10-20-15(21)11-6-3-4-8-13(11)18-19-20/h3-9H,2,10H2,1H3. The summed E-state index contributed by atoms with van der Waals surface area (Å²) >= 11 is 0. The molecule has 0 fully saturated rings. The summed E-state index contributed by atoms with van der Waals surface area (Å²) in [7, 11) is 0. The zero-order valence-corrected chi connectivity index (χ0v) is 12.9. The molecular weight excluding hydrogens is 312 g/mol. The van der Waals surface area contributed by atoms with E-state index in [1.807, 2.05) is 0 Å². The lowest BCUT2D eigenvalue weighted by Crippen LogP contribution is -2.26. The van der Waals surface area contributed by atoms with Crippen molar-refractivity contribution in [2.45, 2.75) is 13.7 Å². The number of benzene rings is 1. The lowest BCUT2D eigenvalue weighted by atomic mass is 10.2. The van der Waals surface area contributed by atoms with Crippen LogP contribution in [-0.4, -0.2) is 32.6 Å². The Morgan fingerprint density at radius 3 is 2.88 bits per heavy atom. The van der Waals surface area contributed by atoms with E-state index in [2.05, 4.69) is 15.3 Å². The van der Waals surface area contributed by atoms with E-state index >= 15 is 0 Å². The summed E-state index contributed by atoms with van der Waals surface area (Å²) in [4.78, 5) is 28.4. The fraction of sp³-hybridized carbons (Fsp3) is 0.188. The van der Waals surface area contributed by atoms with Crippen LogP contribution in [-0.2, 0) is 11.5 Å². The molecule has 3 aromatic rings. The number of pyridine rings is 1. The van der Waals surface area contributed by atoms with Crippen molar-refractivity contribution in [3.05, 3.63) is 58.5 Å². The van der Waals surface area contributed by atoms with Gasteiger partial charge in [0.15, 0.2) is 6.73 Å². The molecule has 2 heterocycles. The first kappa shape index (κ1) is 15.6. The van der Waals surface area contributed by atoms with Gasteiger partial charge < -0.3 is 9.47 Å². The van der Waals surface area contributed by atoms with Crippen LogP contribution in [0.2, 0.25) is 0 Å². The molecule has 3 rings (SSSR count). The van der Waals surface area contributed by atoms with Crippen molar-refractivity contribution < 1.29 is 14.3 Å². The molecule has 0 aliphatic rings. The molecule has 0 unspecified atom stereocenters. The van der Waals surface area contributed by atoms with Crippen molar-refractivity contribution in [2.75, 3.05) is 6.61 Å². The maximum atomic E-state index is 12.3. The van der Waals surface area contributed by atoms with E-state index in [0.717, 1.165) is 4.68 Å². The summed E-state index contributed by atoms with van der Waals surface area (Å²) in [5, 5.41) is 8.09. The molecule has 8 nitrogen and oxygen atoms in total. The maximum Gasteiger partial charge on any atom is 0.345 e. The molecule has 0 saturated heterocycles. The minimum absolute atomic E-state index is 0.182. The highest BCUT2D eigenvalue weighted by Crippen LogP contribution is 2.15. The summed E-state index contributed by atoms with van der Waals surface area (Å²) in [5.74, 6) is -0.477. The van der Waals surface area contributed by atoms with Crippen molar-refractivity contribution in [1.29, 1.82) is 0 Å². The minimum atomic E-state index is -0.659. The minimum Gasteiger partial charge on any atom is -0.477 e. The lowest BCUT2D eigenvalue weighted by Gasteiger charge is -2.09. The molecule has 24 heavy (non-hydrogen) atoms. The van der Waals surface area contributed by atoms with Crippen LogP contribution in [0.5, 0.6) is 5.88 Å². The lowest BCUT2D eigenvalue weighted by molar-refractivity contribution is 0.0331. The van der Waals surface area contributed by atoms with Crippen molar-refractivity contribution in [2.24, 2.45) is 0 Å². The number of esters is 1. The molecule has 0 bridgehead atoms. The fourth-order valence-electron chi connectivity index (χ4n) is 2.10. The number of carbonyl (C=O) groups is 1. The second-order valence-electron chi connectivity index (χ2n) is 4.76. The highest BCUT2D eigenvalue weighted by Gasteiger charge is 2.15. The fourth-order valence-corrected chi connectivity index (χ4v) is 2.10. The Bertz CT molecular complexity index is 939. The molecule has 0 aliphatic carbocycles. The summed E-state index contributed by atoms with van der Waals surface area (Å²) in [5.41, 5.74) is 0.279. The first-order valence-electron chi connectivity index (χ1n) is 7.28. The van der Waals surface area contributed by atoms with Gasteiger partial charge in [0.1, 0.15) is 11.1 Å². The van der Waals surface area contributed by atoms with Gasteiger partial charge in [0.05, 0.1) is 12.0 Å². The molecule has 0 spiro atoms. The zero-order chi connectivity index (χ0) is 16.9. The largest absolute Gasteiger partial charge is 0.477 e. The normalized spacial score (nSPS) is 10.5. The molecule has 1 aromatic carbocycles. The number of hydrogen-bond donors (Lipinski definition) is 0. The van der Waals surface area contributed by atoms with Gasteiger partial charge in [0, 0.05) is 6.20 Å². The number of nitrogens with zero attached hydrogens (tertiary/aromatic N) is 4. The molecule has 0 saturated carbocycles. The Labute approximate surface area is 136 Å². The van der Waals surface area contributed by atoms with Gasteiger partial charge in [0.2, 0.25) is 5.88 Å². The van der Waals surface area contributed by atoms with Gasteiger partial charge in [-0.3, -0.25) is 4.79 Å². The van der Waals surface area contributed by atoms with Crippen molar-refractivity contribution in [3.8, 4) is 5.88 Å². The summed E-state index contributed by atoms with van der Waals surface area (Å²) in [6.07, 6.45) is 1.51. The van der Waals surface area contributed by atoms with E-state index in [4.69, 9.17) is 9.47 Å². The Hall–Kier alpha value is -3.29. The molecule has 122 valence electrons. The van der Waals surface area contributed by atoms with E-state index < -0.39 is 5.97 Å². The topological polar surface area (TPSA) is 96.2 Å². The number of aromatic nitrogens is 4. The highest BCUT2D eigenvalue weighted by molar-refractivity contribution is 5.91. The van der Waals surface area contributed by atoms with E-state index in [1.54, 1.807) is 37.3 Å². The maximum absolute atomic E-state index is 12.3. The second kappa shape index (κ2) is 6.86. The summed E-state index contributed by atoms with van der Waals surface area (Å²) in [6.45, 7) is 1.80.